The highest BCUT2D eigenvalue weighted by molar-refractivity contribution is 9.10. The first-order valence-corrected chi connectivity index (χ1v) is 7.47. The molecule has 0 aromatic heterocycles. The number of benzene rings is 1. The molecule has 2 fully saturated rings. The van der Waals surface area contributed by atoms with E-state index in [1.165, 1.54) is 25.7 Å². The SMILES string of the molecule is Clc1ccc(Br)cc1OCC1CC2CCC1C2. The molecule has 17 heavy (non-hydrogen) atoms. The van der Waals surface area contributed by atoms with Gasteiger partial charge in [-0.25, -0.2) is 0 Å². The van der Waals surface area contributed by atoms with Gasteiger partial charge in [0.2, 0.25) is 0 Å². The van der Waals surface area contributed by atoms with E-state index in [4.69, 9.17) is 16.3 Å². The van der Waals surface area contributed by atoms with Crippen molar-refractivity contribution in [2.75, 3.05) is 6.61 Å². The van der Waals surface area contributed by atoms with Crippen molar-refractivity contribution in [1.82, 2.24) is 0 Å². The van der Waals surface area contributed by atoms with Crippen LogP contribution in [0.15, 0.2) is 22.7 Å². The molecule has 3 heteroatoms. The molecule has 2 aliphatic carbocycles. The van der Waals surface area contributed by atoms with Gasteiger partial charge in [-0.05, 0) is 55.2 Å². The van der Waals surface area contributed by atoms with Crippen LogP contribution in [0.25, 0.3) is 0 Å². The second kappa shape index (κ2) is 4.81. The third kappa shape index (κ3) is 2.48. The summed E-state index contributed by atoms with van der Waals surface area (Å²) in [6, 6.07) is 5.77. The largest absolute Gasteiger partial charge is 0.492 e. The van der Waals surface area contributed by atoms with E-state index in [0.717, 1.165) is 34.6 Å². The molecular formula is C14H16BrClO. The molecule has 2 saturated carbocycles. The lowest BCUT2D eigenvalue weighted by Crippen LogP contribution is -2.18. The molecule has 0 N–H and O–H groups in total. The van der Waals surface area contributed by atoms with E-state index in [1.54, 1.807) is 0 Å². The summed E-state index contributed by atoms with van der Waals surface area (Å²) in [6.45, 7) is 0.831. The number of fused-ring (bicyclic) bond motifs is 2. The molecule has 1 nitrogen and oxygen atoms in total. The molecule has 2 bridgehead atoms. The molecular weight excluding hydrogens is 300 g/mol. The quantitative estimate of drug-likeness (QED) is 0.769. The fourth-order valence-corrected chi connectivity index (χ4v) is 3.88. The summed E-state index contributed by atoms with van der Waals surface area (Å²) >= 11 is 9.56. The van der Waals surface area contributed by atoms with Crippen molar-refractivity contribution in [3.8, 4) is 5.75 Å². The monoisotopic (exact) mass is 314 g/mol. The molecule has 1 aromatic carbocycles. The fourth-order valence-electron chi connectivity index (χ4n) is 3.37. The normalized spacial score (nSPS) is 30.8. The lowest BCUT2D eigenvalue weighted by atomic mass is 9.89. The molecule has 3 rings (SSSR count). The zero-order chi connectivity index (χ0) is 11.8. The van der Waals surface area contributed by atoms with Gasteiger partial charge in [0, 0.05) is 4.47 Å². The number of hydrogen-bond acceptors (Lipinski definition) is 1. The Balaban J connectivity index is 1.62. The Hall–Kier alpha value is -0.210. The Bertz CT molecular complexity index is 421. The zero-order valence-corrected chi connectivity index (χ0v) is 12.0. The lowest BCUT2D eigenvalue weighted by molar-refractivity contribution is 0.195. The van der Waals surface area contributed by atoms with Crippen LogP contribution in [0.3, 0.4) is 0 Å². The summed E-state index contributed by atoms with van der Waals surface area (Å²) in [6.07, 6.45) is 5.64. The zero-order valence-electron chi connectivity index (χ0n) is 9.66. The standard InChI is InChI=1S/C14H16BrClO/c15-12-3-4-13(16)14(7-12)17-8-11-6-9-1-2-10(11)5-9/h3-4,7,9-11H,1-2,5-6,8H2. The van der Waals surface area contributed by atoms with Gasteiger partial charge < -0.3 is 4.74 Å². The first-order chi connectivity index (χ1) is 8.22. The van der Waals surface area contributed by atoms with Crippen molar-refractivity contribution < 1.29 is 4.74 Å². The van der Waals surface area contributed by atoms with Crippen LogP contribution >= 0.6 is 27.5 Å². The van der Waals surface area contributed by atoms with Crippen LogP contribution in [-0.2, 0) is 0 Å². The predicted octanol–water partition coefficient (Wildman–Crippen LogP) is 4.92. The molecule has 0 amide bonds. The van der Waals surface area contributed by atoms with Gasteiger partial charge >= 0.3 is 0 Å². The highest BCUT2D eigenvalue weighted by Gasteiger charge is 2.39. The second-order valence-corrected chi connectivity index (χ2v) is 6.64. The molecule has 92 valence electrons. The van der Waals surface area contributed by atoms with E-state index in [-0.39, 0.29) is 0 Å². The van der Waals surface area contributed by atoms with Crippen LogP contribution in [0.2, 0.25) is 5.02 Å². The van der Waals surface area contributed by atoms with Crippen LogP contribution in [0.5, 0.6) is 5.75 Å². The van der Waals surface area contributed by atoms with Crippen molar-refractivity contribution in [2.45, 2.75) is 25.7 Å². The third-order valence-electron chi connectivity index (χ3n) is 4.23. The summed E-state index contributed by atoms with van der Waals surface area (Å²) in [5.74, 6) is 3.45. The first kappa shape index (κ1) is 11.9. The van der Waals surface area contributed by atoms with Gasteiger partial charge in [-0.3, -0.25) is 0 Å². The first-order valence-electron chi connectivity index (χ1n) is 6.30. The minimum absolute atomic E-state index is 0.705. The Morgan fingerprint density at radius 2 is 2.18 bits per heavy atom. The molecule has 3 atom stereocenters. The third-order valence-corrected chi connectivity index (χ3v) is 5.04. The number of ether oxygens (including phenoxy) is 1. The summed E-state index contributed by atoms with van der Waals surface area (Å²) in [7, 11) is 0. The minimum Gasteiger partial charge on any atom is -0.492 e. The van der Waals surface area contributed by atoms with Gasteiger partial charge in [0.05, 0.1) is 11.6 Å². The van der Waals surface area contributed by atoms with E-state index in [2.05, 4.69) is 15.9 Å². The predicted molar refractivity (Wildman–Crippen MR) is 73.6 cm³/mol. The minimum atomic E-state index is 0.705. The molecule has 2 aliphatic rings. The van der Waals surface area contributed by atoms with Gasteiger partial charge in [-0.15, -0.1) is 0 Å². The number of rotatable bonds is 3. The summed E-state index contributed by atoms with van der Waals surface area (Å²) in [5, 5.41) is 0.705. The molecule has 0 heterocycles. The topological polar surface area (TPSA) is 9.23 Å². The molecule has 0 aliphatic heterocycles. The van der Waals surface area contributed by atoms with Gasteiger partial charge in [-0.1, -0.05) is 34.0 Å². The maximum atomic E-state index is 6.11. The van der Waals surface area contributed by atoms with Crippen molar-refractivity contribution in [3.05, 3.63) is 27.7 Å². The van der Waals surface area contributed by atoms with Crippen molar-refractivity contribution in [2.24, 2.45) is 17.8 Å². The van der Waals surface area contributed by atoms with E-state index >= 15 is 0 Å². The Kier molecular flexibility index (Phi) is 3.36. The van der Waals surface area contributed by atoms with Crippen molar-refractivity contribution in [3.63, 3.8) is 0 Å². The van der Waals surface area contributed by atoms with Crippen LogP contribution < -0.4 is 4.74 Å². The van der Waals surface area contributed by atoms with E-state index in [1.807, 2.05) is 18.2 Å². The van der Waals surface area contributed by atoms with Gasteiger partial charge in [0.25, 0.3) is 0 Å². The van der Waals surface area contributed by atoms with Crippen molar-refractivity contribution >= 4 is 27.5 Å². The van der Waals surface area contributed by atoms with Crippen molar-refractivity contribution in [1.29, 1.82) is 0 Å². The Morgan fingerprint density at radius 1 is 1.29 bits per heavy atom. The Labute approximate surface area is 116 Å². The number of halogens is 2. The second-order valence-electron chi connectivity index (χ2n) is 5.32. The highest BCUT2D eigenvalue weighted by Crippen LogP contribution is 2.48. The fraction of sp³-hybridized carbons (Fsp3) is 0.571. The highest BCUT2D eigenvalue weighted by atomic mass is 79.9. The number of hydrogen-bond donors (Lipinski definition) is 0. The van der Waals surface area contributed by atoms with E-state index < -0.39 is 0 Å². The average molecular weight is 316 g/mol. The molecule has 1 aromatic rings. The summed E-state index contributed by atoms with van der Waals surface area (Å²) in [4.78, 5) is 0. The van der Waals surface area contributed by atoms with Crippen LogP contribution in [-0.4, -0.2) is 6.61 Å². The van der Waals surface area contributed by atoms with Crippen LogP contribution in [0.4, 0.5) is 0 Å². The molecule has 0 radical (unpaired) electrons. The average Bonchev–Trinajstić information content (AvgIpc) is 2.92. The van der Waals surface area contributed by atoms with Crippen LogP contribution in [0, 0.1) is 17.8 Å². The summed E-state index contributed by atoms with van der Waals surface area (Å²) < 4.78 is 6.91. The smallest absolute Gasteiger partial charge is 0.139 e. The van der Waals surface area contributed by atoms with Crippen LogP contribution in [0.1, 0.15) is 25.7 Å². The molecule has 3 unspecified atom stereocenters. The van der Waals surface area contributed by atoms with Gasteiger partial charge in [0.1, 0.15) is 5.75 Å². The molecule has 0 spiro atoms. The van der Waals surface area contributed by atoms with E-state index in [9.17, 15) is 0 Å². The lowest BCUT2D eigenvalue weighted by Gasteiger charge is -2.22. The Morgan fingerprint density at radius 3 is 2.88 bits per heavy atom. The maximum Gasteiger partial charge on any atom is 0.139 e. The van der Waals surface area contributed by atoms with Gasteiger partial charge in [0.15, 0.2) is 0 Å². The van der Waals surface area contributed by atoms with Gasteiger partial charge in [-0.2, -0.15) is 0 Å². The van der Waals surface area contributed by atoms with E-state index in [0.29, 0.717) is 5.02 Å². The molecule has 0 saturated heterocycles. The maximum absolute atomic E-state index is 6.11. The summed E-state index contributed by atoms with van der Waals surface area (Å²) in [5.41, 5.74) is 0.